The Morgan fingerprint density at radius 2 is 1.67 bits per heavy atom. The third-order valence-corrected chi connectivity index (χ3v) is 4.96. The molecule has 0 aromatic heterocycles. The van der Waals surface area contributed by atoms with Crippen molar-refractivity contribution in [3.63, 3.8) is 0 Å². The fourth-order valence-electron chi connectivity index (χ4n) is 2.95. The molecule has 0 radical (unpaired) electrons. The molecule has 0 fully saturated rings. The molecule has 3 N–H and O–H groups in total. The number of hydrogen-bond donors (Lipinski definition) is 2. The number of aliphatic hydroxyl groups is 1. The summed E-state index contributed by atoms with van der Waals surface area (Å²) in [6, 6.07) is 19.5. The third-order valence-electron chi connectivity index (χ3n) is 4.70. The second-order valence-electron chi connectivity index (χ2n) is 7.14. The number of carbonyl (C=O) groups excluding carboxylic acids is 1. The second-order valence-corrected chi connectivity index (χ2v) is 7.58. The van der Waals surface area contributed by atoms with E-state index < -0.39 is 11.5 Å². The van der Waals surface area contributed by atoms with Gasteiger partial charge in [-0.3, -0.25) is 4.79 Å². The highest BCUT2D eigenvalue weighted by Crippen LogP contribution is 2.33. The highest BCUT2D eigenvalue weighted by atomic mass is 35.5. The largest absolute Gasteiger partial charge is 0.457 e. The minimum atomic E-state index is -1.78. The maximum absolute atomic E-state index is 11.5. The lowest BCUT2D eigenvalue weighted by atomic mass is 9.95. The van der Waals surface area contributed by atoms with Gasteiger partial charge < -0.3 is 20.3 Å². The molecule has 5 nitrogen and oxygen atoms in total. The van der Waals surface area contributed by atoms with Crippen molar-refractivity contribution in [2.24, 2.45) is 5.73 Å². The Hall–Kier alpha value is -3.02. The van der Waals surface area contributed by atoms with Gasteiger partial charge in [-0.1, -0.05) is 37.1 Å². The lowest BCUT2D eigenvalue weighted by Crippen LogP contribution is -2.38. The number of primary amides is 1. The average Bonchev–Trinajstić information content (AvgIpc) is 2.72. The molecule has 0 unspecified atom stereocenters. The molecule has 0 heterocycles. The molecule has 0 spiro atoms. The van der Waals surface area contributed by atoms with Crippen LogP contribution < -0.4 is 15.2 Å². The molecule has 1 amide bonds. The first-order valence-electron chi connectivity index (χ1n) is 9.66. The first-order chi connectivity index (χ1) is 14.3. The summed E-state index contributed by atoms with van der Waals surface area (Å²) in [7, 11) is 0. The Morgan fingerprint density at radius 1 is 1.00 bits per heavy atom. The van der Waals surface area contributed by atoms with E-state index in [2.05, 4.69) is 6.92 Å². The second kappa shape index (κ2) is 9.20. The van der Waals surface area contributed by atoms with Crippen molar-refractivity contribution in [2.75, 3.05) is 0 Å². The Morgan fingerprint density at radius 3 is 2.33 bits per heavy atom. The number of benzene rings is 3. The molecule has 0 bridgehead atoms. The van der Waals surface area contributed by atoms with E-state index >= 15 is 0 Å². The van der Waals surface area contributed by atoms with Gasteiger partial charge in [0.15, 0.2) is 5.60 Å². The van der Waals surface area contributed by atoms with E-state index in [1.807, 2.05) is 30.3 Å². The highest BCUT2D eigenvalue weighted by molar-refractivity contribution is 6.30. The molecule has 0 aliphatic carbocycles. The Kier molecular flexibility index (Phi) is 6.65. The number of ether oxygens (including phenoxy) is 2. The number of halogens is 1. The lowest BCUT2D eigenvalue weighted by Gasteiger charge is -2.20. The lowest BCUT2D eigenvalue weighted by molar-refractivity contribution is -0.135. The van der Waals surface area contributed by atoms with Gasteiger partial charge in [0.05, 0.1) is 0 Å². The first-order valence-corrected chi connectivity index (χ1v) is 10.0. The maximum atomic E-state index is 11.5. The van der Waals surface area contributed by atoms with Gasteiger partial charge in [-0.05, 0) is 79.1 Å². The zero-order valence-corrected chi connectivity index (χ0v) is 17.6. The fraction of sp³-hybridized carbons (Fsp3) is 0.208. The summed E-state index contributed by atoms with van der Waals surface area (Å²) >= 11 is 5.92. The molecule has 30 heavy (non-hydrogen) atoms. The third kappa shape index (κ3) is 5.12. The summed E-state index contributed by atoms with van der Waals surface area (Å²) in [6.07, 6.45) is 1.73. The van der Waals surface area contributed by atoms with Crippen LogP contribution >= 0.6 is 11.6 Å². The van der Waals surface area contributed by atoms with Crippen LogP contribution in [0, 0.1) is 0 Å². The maximum Gasteiger partial charge on any atom is 0.253 e. The normalized spacial score (nSPS) is 12.8. The molecule has 1 atom stereocenters. The minimum Gasteiger partial charge on any atom is -0.457 e. The van der Waals surface area contributed by atoms with Crippen LogP contribution in [0.25, 0.3) is 0 Å². The van der Waals surface area contributed by atoms with Crippen molar-refractivity contribution in [1.82, 2.24) is 0 Å². The van der Waals surface area contributed by atoms with Crippen molar-refractivity contribution in [3.8, 4) is 23.0 Å². The minimum absolute atomic E-state index is 0.368. The average molecular weight is 426 g/mol. The van der Waals surface area contributed by atoms with Crippen LogP contribution in [-0.2, 0) is 16.8 Å². The summed E-state index contributed by atoms with van der Waals surface area (Å²) in [5.41, 5.74) is 4.88. The van der Waals surface area contributed by atoms with Crippen LogP contribution in [0.5, 0.6) is 23.0 Å². The van der Waals surface area contributed by atoms with Crippen LogP contribution in [0.4, 0.5) is 0 Å². The molecule has 0 aliphatic rings. The number of nitrogens with two attached hydrogens (primary N) is 1. The number of carbonyl (C=O) groups is 1. The van der Waals surface area contributed by atoms with E-state index in [4.69, 9.17) is 26.8 Å². The van der Waals surface area contributed by atoms with Gasteiger partial charge in [0, 0.05) is 5.02 Å². The summed E-state index contributed by atoms with van der Waals surface area (Å²) < 4.78 is 12.0. The van der Waals surface area contributed by atoms with Crippen molar-refractivity contribution in [3.05, 3.63) is 82.9 Å². The van der Waals surface area contributed by atoms with E-state index in [9.17, 15) is 9.90 Å². The van der Waals surface area contributed by atoms with Crippen molar-refractivity contribution < 1.29 is 19.4 Å². The molecule has 156 valence electrons. The molecule has 0 saturated carbocycles. The Balaban J connectivity index is 1.85. The Labute approximate surface area is 181 Å². The van der Waals surface area contributed by atoms with Gasteiger partial charge in [-0.15, -0.1) is 0 Å². The van der Waals surface area contributed by atoms with E-state index in [1.54, 1.807) is 36.4 Å². The molecule has 3 aromatic rings. The van der Waals surface area contributed by atoms with Crippen LogP contribution in [-0.4, -0.2) is 11.0 Å². The predicted molar refractivity (Wildman–Crippen MR) is 117 cm³/mol. The van der Waals surface area contributed by atoms with E-state index in [0.29, 0.717) is 33.6 Å². The summed E-state index contributed by atoms with van der Waals surface area (Å²) in [5.74, 6) is 1.74. The quantitative estimate of drug-likeness (QED) is 0.494. The molecular weight excluding hydrogens is 402 g/mol. The Bertz CT molecular complexity index is 1030. The molecule has 3 rings (SSSR count). The van der Waals surface area contributed by atoms with Gasteiger partial charge in [-0.2, -0.15) is 0 Å². The number of rotatable bonds is 8. The number of amides is 1. The molecule has 6 heteroatoms. The molecule has 0 saturated heterocycles. The zero-order chi connectivity index (χ0) is 21.7. The molecular formula is C24H24ClNO4. The van der Waals surface area contributed by atoms with Gasteiger partial charge in [-0.25, -0.2) is 0 Å². The number of hydrogen-bond acceptors (Lipinski definition) is 4. The van der Waals surface area contributed by atoms with Crippen molar-refractivity contribution in [1.29, 1.82) is 0 Å². The van der Waals surface area contributed by atoms with Crippen LogP contribution in [0.2, 0.25) is 5.02 Å². The standard InChI is InChI=1S/C24H24ClNO4/c1-3-5-16-14-21(29-19-10-8-18(25)9-11-19)12-13-22(16)30-20-7-4-6-17(15-20)24(2,28)23(26)27/h4,6-15,28H,3,5H2,1-2H3,(H2,26,27)/t24-/m1/s1. The highest BCUT2D eigenvalue weighted by Gasteiger charge is 2.30. The molecule has 0 aliphatic heterocycles. The zero-order valence-electron chi connectivity index (χ0n) is 16.9. The van der Waals surface area contributed by atoms with Crippen LogP contribution in [0.1, 0.15) is 31.4 Å². The smallest absolute Gasteiger partial charge is 0.253 e. The van der Waals surface area contributed by atoms with E-state index in [-0.39, 0.29) is 0 Å². The van der Waals surface area contributed by atoms with Gasteiger partial charge >= 0.3 is 0 Å². The molecule has 3 aromatic carbocycles. The fourth-order valence-corrected chi connectivity index (χ4v) is 3.08. The van der Waals surface area contributed by atoms with E-state index in [0.717, 1.165) is 18.4 Å². The number of aryl methyl sites for hydroxylation is 1. The first kappa shape index (κ1) is 21.7. The SMILES string of the molecule is CCCc1cc(Oc2ccc(Cl)cc2)ccc1Oc1cccc([C@@](C)(O)C(N)=O)c1. The predicted octanol–water partition coefficient (Wildman–Crippen LogP) is 5.57. The summed E-state index contributed by atoms with van der Waals surface area (Å²) in [4.78, 5) is 11.5. The van der Waals surface area contributed by atoms with Gasteiger partial charge in [0.2, 0.25) is 0 Å². The summed E-state index contributed by atoms with van der Waals surface area (Å²) in [6.45, 7) is 3.45. The monoisotopic (exact) mass is 425 g/mol. The van der Waals surface area contributed by atoms with Crippen molar-refractivity contribution in [2.45, 2.75) is 32.3 Å². The topological polar surface area (TPSA) is 81.8 Å². The van der Waals surface area contributed by atoms with Gasteiger partial charge in [0.25, 0.3) is 5.91 Å². The summed E-state index contributed by atoms with van der Waals surface area (Å²) in [5, 5.41) is 11.0. The van der Waals surface area contributed by atoms with Gasteiger partial charge in [0.1, 0.15) is 23.0 Å². The van der Waals surface area contributed by atoms with Crippen LogP contribution in [0.15, 0.2) is 66.7 Å². The van der Waals surface area contributed by atoms with Crippen LogP contribution in [0.3, 0.4) is 0 Å². The van der Waals surface area contributed by atoms with E-state index in [1.165, 1.54) is 6.92 Å². The van der Waals surface area contributed by atoms with Crippen molar-refractivity contribution >= 4 is 17.5 Å².